The third kappa shape index (κ3) is 2.42. The normalized spacial score (nSPS) is 19.2. The highest BCUT2D eigenvalue weighted by Gasteiger charge is 2.39. The fourth-order valence-electron chi connectivity index (χ4n) is 1.29. The second kappa shape index (κ2) is 3.33. The minimum Gasteiger partial charge on any atom is -0.386 e. The van der Waals surface area contributed by atoms with Gasteiger partial charge in [0.15, 0.2) is 0 Å². The Morgan fingerprint density at radius 1 is 1.54 bits per heavy atom. The smallest absolute Gasteiger partial charge is 0.232 e. The van der Waals surface area contributed by atoms with Gasteiger partial charge in [0.2, 0.25) is 11.8 Å². The average Bonchev–Trinajstić information content (AvgIpc) is 1.99. The van der Waals surface area contributed by atoms with Crippen LogP contribution in [0.4, 0.5) is 0 Å². The Kier molecular flexibility index (Phi) is 2.56. The van der Waals surface area contributed by atoms with Gasteiger partial charge in [-0.15, -0.1) is 0 Å². The van der Waals surface area contributed by atoms with E-state index in [-0.39, 0.29) is 18.2 Å². The number of aliphatic hydroxyl groups is 1. The second-order valence-corrected chi connectivity index (χ2v) is 3.60. The molecule has 13 heavy (non-hydrogen) atoms. The highest BCUT2D eigenvalue weighted by Crippen LogP contribution is 2.20. The largest absolute Gasteiger partial charge is 0.386 e. The Hall–Kier alpha value is -1.10. The number of carbonyl (C=O) groups is 2. The predicted molar refractivity (Wildman–Crippen MR) is 45.9 cm³/mol. The van der Waals surface area contributed by atoms with E-state index in [1.807, 2.05) is 0 Å². The molecule has 5 nitrogen and oxygen atoms in total. The van der Waals surface area contributed by atoms with Gasteiger partial charge in [-0.2, -0.15) is 0 Å². The van der Waals surface area contributed by atoms with Gasteiger partial charge in [0.25, 0.3) is 0 Å². The maximum atomic E-state index is 11.2. The number of β-amino-alcohol motifs (C(OH)–C–C–N with tert-alkyl or cyclic N) is 1. The zero-order chi connectivity index (χ0) is 10.1. The Morgan fingerprint density at radius 3 is 2.46 bits per heavy atom. The van der Waals surface area contributed by atoms with Crippen LogP contribution in [0.2, 0.25) is 0 Å². The molecular formula is C8H14N2O3. The summed E-state index contributed by atoms with van der Waals surface area (Å²) < 4.78 is 0. The van der Waals surface area contributed by atoms with Crippen molar-refractivity contribution in [2.45, 2.75) is 18.9 Å². The van der Waals surface area contributed by atoms with E-state index < -0.39 is 5.60 Å². The Balaban J connectivity index is 2.31. The molecule has 0 radical (unpaired) electrons. The van der Waals surface area contributed by atoms with Crippen LogP contribution in [0.15, 0.2) is 0 Å². The van der Waals surface area contributed by atoms with E-state index >= 15 is 0 Å². The molecule has 0 spiro atoms. The molecular weight excluding hydrogens is 172 g/mol. The number of amides is 2. The average molecular weight is 186 g/mol. The number of carbonyl (C=O) groups excluding carboxylic acids is 2. The summed E-state index contributed by atoms with van der Waals surface area (Å²) in [6, 6.07) is 0. The van der Waals surface area contributed by atoms with E-state index in [9.17, 15) is 14.7 Å². The lowest BCUT2D eigenvalue weighted by molar-refractivity contribution is -0.154. The molecule has 0 saturated carbocycles. The summed E-state index contributed by atoms with van der Waals surface area (Å²) in [6.07, 6.45) is -0.132. The molecule has 1 saturated heterocycles. The highest BCUT2D eigenvalue weighted by atomic mass is 16.3. The Labute approximate surface area is 76.7 Å². The first-order valence-corrected chi connectivity index (χ1v) is 4.15. The van der Waals surface area contributed by atoms with Crippen molar-refractivity contribution in [3.05, 3.63) is 0 Å². The van der Waals surface area contributed by atoms with Crippen molar-refractivity contribution in [2.24, 2.45) is 0 Å². The van der Waals surface area contributed by atoms with Gasteiger partial charge in [-0.3, -0.25) is 9.59 Å². The fraction of sp³-hybridized carbons (Fsp3) is 0.750. The number of nitrogens with zero attached hydrogens (tertiary/aromatic N) is 1. The van der Waals surface area contributed by atoms with E-state index in [0.29, 0.717) is 13.1 Å². The van der Waals surface area contributed by atoms with Crippen LogP contribution in [0.1, 0.15) is 13.3 Å². The van der Waals surface area contributed by atoms with Crippen molar-refractivity contribution in [1.82, 2.24) is 10.2 Å². The molecule has 0 aromatic rings. The first-order valence-electron chi connectivity index (χ1n) is 4.15. The Bertz CT molecular complexity index is 230. The standard InChI is InChI=1S/C8H14N2O3/c1-8(13)4-10(5-8)7(12)3-6(11)9-2/h13H,3-5H2,1-2H3,(H,9,11). The number of nitrogens with one attached hydrogen (secondary N) is 1. The molecule has 2 amide bonds. The van der Waals surface area contributed by atoms with E-state index in [0.717, 1.165) is 0 Å². The van der Waals surface area contributed by atoms with Crippen LogP contribution in [0, 0.1) is 0 Å². The van der Waals surface area contributed by atoms with Gasteiger partial charge in [0, 0.05) is 7.05 Å². The van der Waals surface area contributed by atoms with Crippen molar-refractivity contribution in [2.75, 3.05) is 20.1 Å². The lowest BCUT2D eigenvalue weighted by Crippen LogP contribution is -2.62. The van der Waals surface area contributed by atoms with Gasteiger partial charge in [0.05, 0.1) is 18.7 Å². The predicted octanol–water partition coefficient (Wildman–Crippen LogP) is -1.28. The molecule has 1 aliphatic rings. The molecule has 0 atom stereocenters. The zero-order valence-electron chi connectivity index (χ0n) is 7.83. The van der Waals surface area contributed by atoms with Crippen LogP contribution < -0.4 is 5.32 Å². The van der Waals surface area contributed by atoms with Crippen molar-refractivity contribution < 1.29 is 14.7 Å². The minimum absolute atomic E-state index is 0.132. The molecule has 1 heterocycles. The van der Waals surface area contributed by atoms with Crippen molar-refractivity contribution in [3.63, 3.8) is 0 Å². The van der Waals surface area contributed by atoms with Gasteiger partial charge in [-0.05, 0) is 6.92 Å². The van der Waals surface area contributed by atoms with Crippen molar-refractivity contribution in [3.8, 4) is 0 Å². The minimum atomic E-state index is -0.766. The third-order valence-electron chi connectivity index (χ3n) is 2.01. The molecule has 0 aliphatic carbocycles. The third-order valence-corrected chi connectivity index (χ3v) is 2.01. The zero-order valence-corrected chi connectivity index (χ0v) is 7.83. The van der Waals surface area contributed by atoms with Crippen LogP contribution in [0.25, 0.3) is 0 Å². The van der Waals surface area contributed by atoms with Crippen LogP contribution in [0.3, 0.4) is 0 Å². The molecule has 0 bridgehead atoms. The summed E-state index contributed by atoms with van der Waals surface area (Å²) in [5.41, 5.74) is -0.766. The summed E-state index contributed by atoms with van der Waals surface area (Å²) in [5.74, 6) is -0.526. The maximum Gasteiger partial charge on any atom is 0.232 e. The lowest BCUT2D eigenvalue weighted by atomic mass is 9.96. The molecule has 1 aliphatic heterocycles. The SMILES string of the molecule is CNC(=O)CC(=O)N1CC(C)(O)C1. The monoisotopic (exact) mass is 186 g/mol. The van der Waals surface area contributed by atoms with Crippen LogP contribution in [-0.2, 0) is 9.59 Å². The summed E-state index contributed by atoms with van der Waals surface area (Å²) in [6.45, 7) is 2.31. The molecule has 1 fully saturated rings. The Morgan fingerprint density at radius 2 is 2.08 bits per heavy atom. The van der Waals surface area contributed by atoms with E-state index in [2.05, 4.69) is 5.32 Å². The van der Waals surface area contributed by atoms with Crippen LogP contribution >= 0.6 is 0 Å². The van der Waals surface area contributed by atoms with Gasteiger partial charge < -0.3 is 15.3 Å². The van der Waals surface area contributed by atoms with Gasteiger partial charge in [-0.1, -0.05) is 0 Å². The van der Waals surface area contributed by atoms with E-state index in [4.69, 9.17) is 0 Å². The van der Waals surface area contributed by atoms with Crippen molar-refractivity contribution >= 4 is 11.8 Å². The van der Waals surface area contributed by atoms with E-state index in [1.165, 1.54) is 11.9 Å². The van der Waals surface area contributed by atoms with Gasteiger partial charge in [0.1, 0.15) is 6.42 Å². The molecule has 0 aromatic carbocycles. The van der Waals surface area contributed by atoms with Crippen LogP contribution in [0.5, 0.6) is 0 Å². The first-order chi connectivity index (χ1) is 5.94. The molecule has 1 rings (SSSR count). The molecule has 5 heteroatoms. The maximum absolute atomic E-state index is 11.2. The first kappa shape index (κ1) is 9.98. The van der Waals surface area contributed by atoms with Crippen molar-refractivity contribution in [1.29, 1.82) is 0 Å². The number of hydrogen-bond acceptors (Lipinski definition) is 3. The van der Waals surface area contributed by atoms with E-state index in [1.54, 1.807) is 6.92 Å². The molecule has 0 unspecified atom stereocenters. The number of hydrogen-bond donors (Lipinski definition) is 2. The summed E-state index contributed by atoms with van der Waals surface area (Å²) >= 11 is 0. The quantitative estimate of drug-likeness (QED) is 0.527. The summed E-state index contributed by atoms with van der Waals surface area (Å²) in [4.78, 5) is 23.5. The summed E-state index contributed by atoms with van der Waals surface area (Å²) in [7, 11) is 1.49. The fourth-order valence-corrected chi connectivity index (χ4v) is 1.29. The van der Waals surface area contributed by atoms with Gasteiger partial charge in [-0.25, -0.2) is 0 Å². The van der Waals surface area contributed by atoms with Crippen LogP contribution in [-0.4, -0.2) is 47.6 Å². The molecule has 2 N–H and O–H groups in total. The van der Waals surface area contributed by atoms with Gasteiger partial charge >= 0.3 is 0 Å². The topological polar surface area (TPSA) is 69.6 Å². The highest BCUT2D eigenvalue weighted by molar-refractivity contribution is 5.97. The lowest BCUT2D eigenvalue weighted by Gasteiger charge is -2.44. The molecule has 0 aromatic heterocycles. The second-order valence-electron chi connectivity index (χ2n) is 3.60. The number of rotatable bonds is 2. The number of likely N-dealkylation sites (tertiary alicyclic amines) is 1. The molecule has 74 valence electrons. The summed E-state index contributed by atoms with van der Waals surface area (Å²) in [5, 5.41) is 11.7.